The lowest BCUT2D eigenvalue weighted by Crippen LogP contribution is -2.43. The molecule has 0 unspecified atom stereocenters. The van der Waals surface area contributed by atoms with E-state index in [1.165, 1.54) is 0 Å². The quantitative estimate of drug-likeness (QED) is 0.875. The van der Waals surface area contributed by atoms with Crippen LogP contribution in [0, 0.1) is 0 Å². The monoisotopic (exact) mass is 254 g/mol. The highest BCUT2D eigenvalue weighted by Gasteiger charge is 2.22. The first-order valence-corrected chi connectivity index (χ1v) is 5.82. The number of amides is 1. The average molecular weight is 255 g/mol. The summed E-state index contributed by atoms with van der Waals surface area (Å²) >= 11 is 0. The number of carbonyl (C=O) groups is 1. The smallest absolute Gasteiger partial charge is 0.253 e. The van der Waals surface area contributed by atoms with Gasteiger partial charge in [-0.1, -0.05) is 18.2 Å². The Labute approximate surface area is 109 Å². The number of hydrogen-bond acceptors (Lipinski definition) is 2. The third kappa shape index (κ3) is 3.45. The van der Waals surface area contributed by atoms with Crippen LogP contribution in [0.25, 0.3) is 0 Å². The number of hydrogen-bond donors (Lipinski definition) is 1. The van der Waals surface area contributed by atoms with Crippen LogP contribution in [0.3, 0.4) is 0 Å². The molecule has 1 aliphatic heterocycles. The van der Waals surface area contributed by atoms with Gasteiger partial charge in [0, 0.05) is 18.7 Å². The number of benzene rings is 1. The number of piperidine rings is 1. The topological polar surface area (TPSA) is 32.3 Å². The molecule has 94 valence electrons. The van der Waals surface area contributed by atoms with Crippen molar-refractivity contribution in [2.45, 2.75) is 18.9 Å². The van der Waals surface area contributed by atoms with Crippen LogP contribution in [0.15, 0.2) is 30.3 Å². The maximum Gasteiger partial charge on any atom is 0.253 e. The third-order valence-electron chi connectivity index (χ3n) is 3.20. The normalized spacial score (nSPS) is 16.1. The van der Waals surface area contributed by atoms with E-state index in [1.54, 1.807) is 0 Å². The molecule has 1 heterocycles. The molecule has 3 nitrogen and oxygen atoms in total. The van der Waals surface area contributed by atoms with Crippen molar-refractivity contribution in [1.29, 1.82) is 0 Å². The molecule has 0 bridgehead atoms. The molecule has 2 rings (SSSR count). The van der Waals surface area contributed by atoms with Crippen molar-refractivity contribution in [3.63, 3.8) is 0 Å². The van der Waals surface area contributed by atoms with Gasteiger partial charge in [-0.3, -0.25) is 4.79 Å². The van der Waals surface area contributed by atoms with E-state index < -0.39 is 0 Å². The first-order chi connectivity index (χ1) is 7.79. The average Bonchev–Trinajstić information content (AvgIpc) is 2.39. The Bertz CT molecular complexity index is 350. The van der Waals surface area contributed by atoms with Crippen molar-refractivity contribution in [2.75, 3.05) is 20.1 Å². The molecule has 1 aliphatic rings. The summed E-state index contributed by atoms with van der Waals surface area (Å²) in [5.74, 6) is 0.132. The number of nitrogens with zero attached hydrogens (tertiary/aromatic N) is 1. The van der Waals surface area contributed by atoms with Crippen LogP contribution in [0.5, 0.6) is 0 Å². The fourth-order valence-electron chi connectivity index (χ4n) is 2.14. The van der Waals surface area contributed by atoms with E-state index >= 15 is 0 Å². The molecule has 1 aromatic rings. The van der Waals surface area contributed by atoms with Gasteiger partial charge in [-0.25, -0.2) is 0 Å². The maximum absolute atomic E-state index is 12.1. The first kappa shape index (κ1) is 14.0. The van der Waals surface area contributed by atoms with Crippen molar-refractivity contribution < 1.29 is 4.79 Å². The summed E-state index contributed by atoms with van der Waals surface area (Å²) in [6, 6.07) is 9.88. The number of carbonyl (C=O) groups excluding carboxylic acids is 1. The number of nitrogens with one attached hydrogen (secondary N) is 1. The molecular formula is C13H19ClN2O. The minimum atomic E-state index is 0. The lowest BCUT2D eigenvalue weighted by molar-refractivity contribution is 0.0703. The molecule has 0 radical (unpaired) electrons. The van der Waals surface area contributed by atoms with Crippen molar-refractivity contribution in [3.05, 3.63) is 35.9 Å². The van der Waals surface area contributed by atoms with Crippen LogP contribution in [-0.4, -0.2) is 37.0 Å². The van der Waals surface area contributed by atoms with E-state index in [1.807, 2.05) is 42.3 Å². The molecule has 1 saturated heterocycles. The van der Waals surface area contributed by atoms with Crippen LogP contribution in [0.1, 0.15) is 23.2 Å². The van der Waals surface area contributed by atoms with Gasteiger partial charge in [-0.15, -0.1) is 12.4 Å². The summed E-state index contributed by atoms with van der Waals surface area (Å²) in [6.45, 7) is 2.02. The zero-order valence-electron chi connectivity index (χ0n) is 10.1. The Balaban J connectivity index is 0.00000144. The van der Waals surface area contributed by atoms with Gasteiger partial charge < -0.3 is 10.2 Å². The van der Waals surface area contributed by atoms with Crippen LogP contribution in [-0.2, 0) is 0 Å². The van der Waals surface area contributed by atoms with Crippen molar-refractivity contribution in [3.8, 4) is 0 Å². The fraction of sp³-hybridized carbons (Fsp3) is 0.462. The Morgan fingerprint density at radius 2 is 1.82 bits per heavy atom. The predicted molar refractivity (Wildman–Crippen MR) is 71.7 cm³/mol. The van der Waals surface area contributed by atoms with Gasteiger partial charge in [0.15, 0.2) is 0 Å². The van der Waals surface area contributed by atoms with Gasteiger partial charge in [-0.05, 0) is 38.1 Å². The first-order valence-electron chi connectivity index (χ1n) is 5.82. The fourth-order valence-corrected chi connectivity index (χ4v) is 2.14. The second kappa shape index (κ2) is 6.62. The Hall–Kier alpha value is -1.06. The Morgan fingerprint density at radius 3 is 2.41 bits per heavy atom. The van der Waals surface area contributed by atoms with Crippen molar-refractivity contribution in [2.24, 2.45) is 0 Å². The maximum atomic E-state index is 12.1. The molecule has 4 heteroatoms. The summed E-state index contributed by atoms with van der Waals surface area (Å²) in [5, 5.41) is 3.31. The Kier molecular flexibility index (Phi) is 5.45. The van der Waals surface area contributed by atoms with Crippen molar-refractivity contribution >= 4 is 18.3 Å². The van der Waals surface area contributed by atoms with Gasteiger partial charge in [0.1, 0.15) is 0 Å². The van der Waals surface area contributed by atoms with Crippen LogP contribution >= 0.6 is 12.4 Å². The Morgan fingerprint density at radius 1 is 1.24 bits per heavy atom. The molecule has 0 saturated carbocycles. The highest BCUT2D eigenvalue weighted by Crippen LogP contribution is 2.13. The van der Waals surface area contributed by atoms with Gasteiger partial charge in [0.05, 0.1) is 0 Å². The molecule has 0 aromatic heterocycles. The number of halogens is 1. The lowest BCUT2D eigenvalue weighted by Gasteiger charge is -2.31. The zero-order valence-corrected chi connectivity index (χ0v) is 10.9. The SMILES string of the molecule is CN(C(=O)c1ccccc1)C1CCNCC1.Cl. The molecule has 1 N–H and O–H groups in total. The van der Waals surface area contributed by atoms with E-state index in [0.717, 1.165) is 31.5 Å². The van der Waals surface area contributed by atoms with Crippen LogP contribution in [0.2, 0.25) is 0 Å². The minimum absolute atomic E-state index is 0. The van der Waals surface area contributed by atoms with E-state index in [0.29, 0.717) is 6.04 Å². The summed E-state index contributed by atoms with van der Waals surface area (Å²) in [6.07, 6.45) is 2.10. The van der Waals surface area contributed by atoms with Crippen LogP contribution < -0.4 is 5.32 Å². The summed E-state index contributed by atoms with van der Waals surface area (Å²) in [7, 11) is 1.91. The molecule has 0 spiro atoms. The second-order valence-corrected chi connectivity index (χ2v) is 4.26. The summed E-state index contributed by atoms with van der Waals surface area (Å²) in [4.78, 5) is 14.0. The van der Waals surface area contributed by atoms with Gasteiger partial charge in [0.25, 0.3) is 5.91 Å². The zero-order chi connectivity index (χ0) is 11.4. The molecule has 0 aliphatic carbocycles. The van der Waals surface area contributed by atoms with Crippen molar-refractivity contribution in [1.82, 2.24) is 10.2 Å². The molecule has 0 atom stereocenters. The third-order valence-corrected chi connectivity index (χ3v) is 3.20. The van der Waals surface area contributed by atoms with E-state index in [2.05, 4.69) is 5.32 Å². The highest BCUT2D eigenvalue weighted by atomic mass is 35.5. The highest BCUT2D eigenvalue weighted by molar-refractivity contribution is 5.94. The molecule has 17 heavy (non-hydrogen) atoms. The summed E-state index contributed by atoms with van der Waals surface area (Å²) in [5.41, 5.74) is 0.781. The standard InChI is InChI=1S/C13H18N2O.ClH/c1-15(12-7-9-14-10-8-12)13(16)11-5-3-2-4-6-11;/h2-6,12,14H,7-10H2,1H3;1H. The van der Waals surface area contributed by atoms with Gasteiger partial charge in [-0.2, -0.15) is 0 Å². The molecule has 1 fully saturated rings. The summed E-state index contributed by atoms with van der Waals surface area (Å²) < 4.78 is 0. The van der Waals surface area contributed by atoms with E-state index in [4.69, 9.17) is 0 Å². The molecule has 1 aromatic carbocycles. The molecule has 1 amide bonds. The van der Waals surface area contributed by atoms with Gasteiger partial charge in [0.2, 0.25) is 0 Å². The van der Waals surface area contributed by atoms with E-state index in [-0.39, 0.29) is 18.3 Å². The van der Waals surface area contributed by atoms with Crippen LogP contribution in [0.4, 0.5) is 0 Å². The predicted octanol–water partition coefficient (Wildman–Crippen LogP) is 1.93. The second-order valence-electron chi connectivity index (χ2n) is 4.26. The van der Waals surface area contributed by atoms with Gasteiger partial charge >= 0.3 is 0 Å². The minimum Gasteiger partial charge on any atom is -0.339 e. The molecular weight excluding hydrogens is 236 g/mol. The van der Waals surface area contributed by atoms with E-state index in [9.17, 15) is 4.79 Å². The number of rotatable bonds is 2. The largest absolute Gasteiger partial charge is 0.339 e. The lowest BCUT2D eigenvalue weighted by atomic mass is 10.0.